The number of rotatable bonds is 16. The van der Waals surface area contributed by atoms with Crippen molar-refractivity contribution in [2.75, 3.05) is 11.4 Å². The quantitative estimate of drug-likeness (QED) is 0.0705. The number of para-hydroxylation sites is 2. The molecule has 0 saturated carbocycles. The van der Waals surface area contributed by atoms with E-state index in [-0.39, 0.29) is 42.2 Å². The minimum atomic E-state index is -0.253. The van der Waals surface area contributed by atoms with Crippen LogP contribution in [0.1, 0.15) is 154 Å². The Morgan fingerprint density at radius 2 is 0.984 bits per heavy atom. The molecule has 0 spiro atoms. The van der Waals surface area contributed by atoms with E-state index in [2.05, 4.69) is 237 Å². The standard InChI is InChI=1S/C61H55N2.22H2/c1-7-9-11-13-15-17-19-21-22-23-24-25-26-27-28-30-32-34-36-45-53-63-57-49-43-41-47-55(57)61(5,6)59(63)51-39-37-38-50-58-60(3,4)54-46-40-42-48-56(54)62(58)52-44-35-33-31-29-20-18-16-14-12-10-8-2;;;;;;;;;;;;;;;;;;;;;;/h1,37-43,46-51H,8,10,12,14,16,18,20,29,31,33,35,44,52H2,2-6H3;22*1H/q+1;;;;;;;;;;;;;;;;;;;;;;. The second-order valence-corrected chi connectivity index (χ2v) is 16.0. The zero-order valence-electron chi connectivity index (χ0n) is 37.7. The number of unbranched alkanes of at least 4 members (excludes halogenated alkanes) is 11. The molecule has 0 amide bonds. The fourth-order valence-electron chi connectivity index (χ4n) is 7.65. The van der Waals surface area contributed by atoms with E-state index in [1.807, 2.05) is 10.6 Å². The predicted molar refractivity (Wildman–Crippen MR) is 312 cm³/mol. The van der Waals surface area contributed by atoms with Crippen molar-refractivity contribution in [3.05, 3.63) is 95.7 Å². The lowest BCUT2D eigenvalue weighted by Crippen LogP contribution is -2.27. The molecule has 0 atom stereocenters. The summed E-state index contributed by atoms with van der Waals surface area (Å²) in [5.41, 5.74) is 7.09. The molecule has 0 aliphatic carbocycles. The van der Waals surface area contributed by atoms with Crippen LogP contribution in [0, 0.1) is 131 Å². The van der Waals surface area contributed by atoms with Crippen LogP contribution in [0.3, 0.4) is 0 Å². The summed E-state index contributed by atoms with van der Waals surface area (Å²) < 4.78 is 2.03. The molecule has 0 radical (unpaired) electrons. The van der Waals surface area contributed by atoms with Gasteiger partial charge in [-0.1, -0.05) is 146 Å². The molecule has 2 aromatic carbocycles. The van der Waals surface area contributed by atoms with Gasteiger partial charge in [-0.3, -0.25) is 0 Å². The van der Waals surface area contributed by atoms with E-state index in [0.717, 1.165) is 17.9 Å². The number of anilines is 1. The van der Waals surface area contributed by atoms with Crippen LogP contribution in [-0.2, 0) is 10.8 Å². The first-order valence-electron chi connectivity index (χ1n) is 22.0. The average molecular weight is 860 g/mol. The maximum Gasteiger partial charge on any atom is 0.243 e. The van der Waals surface area contributed by atoms with Crippen molar-refractivity contribution in [1.82, 2.24) is 0 Å². The average Bonchev–Trinajstić information content (AvgIpc) is 3.63. The van der Waals surface area contributed by atoms with Gasteiger partial charge in [-0.05, 0) is 85.3 Å². The molecule has 352 valence electrons. The third-order valence-corrected chi connectivity index (χ3v) is 10.8. The fraction of sp³-hybridized carbons (Fsp3) is 0.328. The Balaban J connectivity index is -0.000000116. The third kappa shape index (κ3) is 15.4. The molecule has 63 heavy (non-hydrogen) atoms. The second kappa shape index (κ2) is 27.2. The number of hydrogen-bond donors (Lipinski definition) is 0. The van der Waals surface area contributed by atoms with Gasteiger partial charge in [0.25, 0.3) is 0 Å². The van der Waals surface area contributed by atoms with E-state index in [9.17, 15) is 0 Å². The maximum absolute atomic E-state index is 5.00. The summed E-state index contributed by atoms with van der Waals surface area (Å²) in [4.78, 5) is 2.56. The molecule has 2 aliphatic heterocycles. The van der Waals surface area contributed by atoms with Crippen molar-refractivity contribution in [3.8, 4) is 131 Å². The van der Waals surface area contributed by atoms with Crippen LogP contribution in [0.2, 0.25) is 0 Å². The van der Waals surface area contributed by atoms with E-state index >= 15 is 0 Å². The Hall–Kier alpha value is -7.71. The summed E-state index contributed by atoms with van der Waals surface area (Å²) in [6.45, 7) is 12.5. The Morgan fingerprint density at radius 1 is 0.524 bits per heavy atom. The van der Waals surface area contributed by atoms with E-state index in [4.69, 9.17) is 6.42 Å². The molecule has 2 aromatic rings. The highest BCUT2D eigenvalue weighted by atomic mass is 15.2. The molecule has 4 rings (SSSR count). The van der Waals surface area contributed by atoms with Crippen molar-refractivity contribution in [2.24, 2.45) is 0 Å². The topological polar surface area (TPSA) is 6.25 Å². The lowest BCUT2D eigenvalue weighted by Gasteiger charge is -2.27. The van der Waals surface area contributed by atoms with Crippen molar-refractivity contribution >= 4 is 17.1 Å². The summed E-state index contributed by atoms with van der Waals surface area (Å²) in [6, 6.07) is 20.6. The van der Waals surface area contributed by atoms with Crippen LogP contribution in [0.15, 0.2) is 84.6 Å². The lowest BCUT2D eigenvalue weighted by atomic mass is 9.81. The highest BCUT2D eigenvalue weighted by molar-refractivity contribution is 6.03. The van der Waals surface area contributed by atoms with Crippen LogP contribution in [-0.4, -0.2) is 16.8 Å². The largest absolute Gasteiger partial charge is 0.344 e. The van der Waals surface area contributed by atoms with Gasteiger partial charge in [-0.25, -0.2) is 0 Å². The predicted octanol–water partition coefficient (Wildman–Crippen LogP) is 16.6. The fourth-order valence-corrected chi connectivity index (χ4v) is 7.65. The molecule has 0 aromatic heterocycles. The van der Waals surface area contributed by atoms with Crippen molar-refractivity contribution < 1.29 is 36.0 Å². The van der Waals surface area contributed by atoms with Crippen LogP contribution >= 0.6 is 0 Å². The maximum atomic E-state index is 5.00. The van der Waals surface area contributed by atoms with Crippen molar-refractivity contribution in [3.63, 3.8) is 0 Å². The van der Waals surface area contributed by atoms with E-state index < -0.39 is 0 Å². The molecule has 2 nitrogen and oxygen atoms in total. The van der Waals surface area contributed by atoms with Gasteiger partial charge < -0.3 is 4.90 Å². The zero-order valence-corrected chi connectivity index (χ0v) is 37.7. The first-order valence-corrected chi connectivity index (χ1v) is 22.0. The van der Waals surface area contributed by atoms with Gasteiger partial charge >= 0.3 is 0 Å². The second-order valence-electron chi connectivity index (χ2n) is 16.0. The molecular formula is C61H99N2+. The molecule has 2 heterocycles. The van der Waals surface area contributed by atoms with E-state index in [1.54, 1.807) is 0 Å². The van der Waals surface area contributed by atoms with Crippen molar-refractivity contribution in [1.29, 1.82) is 0 Å². The van der Waals surface area contributed by atoms with Gasteiger partial charge in [-0.15, -0.1) is 11.0 Å². The third-order valence-electron chi connectivity index (χ3n) is 10.8. The molecule has 0 fully saturated rings. The number of nitrogens with zero attached hydrogens (tertiary/aromatic N) is 2. The SMILES string of the molecule is C#CC#CC#CC#CC#CC#CC#CC#CC#CC#CC#C[N+]1=C(/C=C/C=C/C=C2/N(CCCCCCCCCCCCCC)c3ccccc3C2(C)C)C(C)(C)c2ccccc21.[HH].[HH].[HH].[HH].[HH].[HH].[HH].[HH].[HH].[HH].[HH].[HH].[HH].[HH].[HH].[HH].[HH].[HH].[HH].[HH].[HH].[HH]. The molecule has 0 unspecified atom stereocenters. The molecule has 0 N–H and O–H groups in total. The zero-order chi connectivity index (χ0) is 44.9. The normalized spacial score (nSPS) is 13.4. The van der Waals surface area contributed by atoms with Crippen molar-refractivity contribution in [2.45, 2.75) is 122 Å². The number of fused-ring (bicyclic) bond motifs is 2. The highest BCUT2D eigenvalue weighted by Crippen LogP contribution is 2.47. The Morgan fingerprint density at radius 3 is 1.52 bits per heavy atom. The first-order chi connectivity index (χ1) is 30.8. The summed E-state index contributed by atoms with van der Waals surface area (Å²) in [6.07, 6.45) is 32.1. The number of hydrogen-bond acceptors (Lipinski definition) is 1. The van der Waals surface area contributed by atoms with Crippen LogP contribution in [0.4, 0.5) is 11.4 Å². The van der Waals surface area contributed by atoms with Crippen LogP contribution < -0.4 is 4.90 Å². The molecule has 0 saturated heterocycles. The lowest BCUT2D eigenvalue weighted by molar-refractivity contribution is -0.332. The van der Waals surface area contributed by atoms with Crippen LogP contribution in [0.5, 0.6) is 0 Å². The minimum Gasteiger partial charge on any atom is -0.344 e. The monoisotopic (exact) mass is 860 g/mol. The summed E-state index contributed by atoms with van der Waals surface area (Å²) in [7, 11) is 0. The smallest absolute Gasteiger partial charge is 0.243 e. The summed E-state index contributed by atoms with van der Waals surface area (Å²) in [5.74, 6) is 51.6. The molecule has 2 aliphatic rings. The molecule has 2 heteroatoms. The minimum absolute atomic E-state index is 0. The number of allylic oxidation sites excluding steroid dienone is 6. The van der Waals surface area contributed by atoms with Gasteiger partial charge in [0.2, 0.25) is 17.4 Å². The van der Waals surface area contributed by atoms with Gasteiger partial charge in [-0.2, -0.15) is 0 Å². The van der Waals surface area contributed by atoms with Gasteiger partial charge in [0, 0.05) is 138 Å². The van der Waals surface area contributed by atoms with E-state index in [0.29, 0.717) is 0 Å². The molecule has 0 bridgehead atoms. The van der Waals surface area contributed by atoms with Gasteiger partial charge in [0.1, 0.15) is 0 Å². The van der Waals surface area contributed by atoms with Crippen LogP contribution in [0.25, 0.3) is 0 Å². The Bertz CT molecular complexity index is 2860. The summed E-state index contributed by atoms with van der Waals surface area (Å²) in [5, 5.41) is 0. The number of benzene rings is 2. The van der Waals surface area contributed by atoms with Gasteiger partial charge in [0.05, 0.1) is 11.3 Å². The number of terminal acetylenes is 1. The molecular weight excluding hydrogens is 761 g/mol. The van der Waals surface area contributed by atoms with Gasteiger partial charge in [0.15, 0.2) is 0 Å². The van der Waals surface area contributed by atoms with E-state index in [1.165, 1.54) is 99.6 Å². The Kier molecular flexibility index (Phi) is 20.7. The Labute approximate surface area is 413 Å². The highest BCUT2D eigenvalue weighted by Gasteiger charge is 2.44. The first kappa shape index (κ1) is 48.0. The summed E-state index contributed by atoms with van der Waals surface area (Å²) >= 11 is 0.